The standard InChI is InChI=1S/C16H14N4O4/c1-23-13-6-2-11(3-7-13)16-17-15(18-19-16)10-24-14-8-4-12(5-9-14)20(21)22/h2-9H,10H2,1H3,(H,17,18,19). The highest BCUT2D eigenvalue weighted by atomic mass is 16.6. The smallest absolute Gasteiger partial charge is 0.269 e. The monoisotopic (exact) mass is 326 g/mol. The summed E-state index contributed by atoms with van der Waals surface area (Å²) in [6, 6.07) is 13.2. The third-order valence-electron chi connectivity index (χ3n) is 3.30. The zero-order valence-corrected chi connectivity index (χ0v) is 12.8. The molecule has 0 aliphatic heterocycles. The Bertz CT molecular complexity index is 828. The number of nitrogens with one attached hydrogen (secondary N) is 1. The maximum atomic E-state index is 10.6. The average molecular weight is 326 g/mol. The zero-order valence-electron chi connectivity index (χ0n) is 12.8. The van der Waals surface area contributed by atoms with Crippen LogP contribution < -0.4 is 9.47 Å². The highest BCUT2D eigenvalue weighted by Crippen LogP contribution is 2.20. The van der Waals surface area contributed by atoms with Gasteiger partial charge in [0.15, 0.2) is 11.6 Å². The molecule has 0 spiro atoms. The van der Waals surface area contributed by atoms with Gasteiger partial charge in [0.2, 0.25) is 0 Å². The van der Waals surface area contributed by atoms with Crippen LogP contribution in [0.15, 0.2) is 48.5 Å². The van der Waals surface area contributed by atoms with Crippen LogP contribution in [0.2, 0.25) is 0 Å². The van der Waals surface area contributed by atoms with Gasteiger partial charge in [-0.2, -0.15) is 5.10 Å². The van der Waals surface area contributed by atoms with E-state index in [0.29, 0.717) is 17.4 Å². The molecule has 0 amide bonds. The number of non-ortho nitro benzene ring substituents is 1. The van der Waals surface area contributed by atoms with Crippen molar-refractivity contribution in [1.29, 1.82) is 0 Å². The van der Waals surface area contributed by atoms with Crippen LogP contribution >= 0.6 is 0 Å². The second-order valence-corrected chi connectivity index (χ2v) is 4.87. The number of aromatic amines is 1. The summed E-state index contributed by atoms with van der Waals surface area (Å²) in [6.45, 7) is 0.182. The summed E-state index contributed by atoms with van der Waals surface area (Å²) in [5, 5.41) is 17.6. The van der Waals surface area contributed by atoms with E-state index in [2.05, 4.69) is 15.2 Å². The SMILES string of the molecule is COc1ccc(-c2n[nH]c(COc3ccc([N+](=O)[O-])cc3)n2)cc1. The molecule has 0 radical (unpaired) electrons. The highest BCUT2D eigenvalue weighted by Gasteiger charge is 2.08. The average Bonchev–Trinajstić information content (AvgIpc) is 3.09. The molecule has 8 nitrogen and oxygen atoms in total. The van der Waals surface area contributed by atoms with E-state index in [1.165, 1.54) is 12.1 Å². The van der Waals surface area contributed by atoms with Crippen molar-refractivity contribution >= 4 is 5.69 Å². The normalized spacial score (nSPS) is 10.4. The Morgan fingerprint density at radius 2 is 1.75 bits per heavy atom. The molecule has 0 fully saturated rings. The second kappa shape index (κ2) is 6.78. The molecule has 0 aliphatic rings. The number of nitrogens with zero attached hydrogens (tertiary/aromatic N) is 3. The van der Waals surface area contributed by atoms with Gasteiger partial charge in [-0.25, -0.2) is 4.98 Å². The van der Waals surface area contributed by atoms with Gasteiger partial charge in [-0.15, -0.1) is 0 Å². The fourth-order valence-electron chi connectivity index (χ4n) is 2.04. The predicted octanol–water partition coefficient (Wildman–Crippen LogP) is 2.97. The Morgan fingerprint density at radius 1 is 1.08 bits per heavy atom. The van der Waals surface area contributed by atoms with Crippen molar-refractivity contribution in [2.45, 2.75) is 6.61 Å². The number of nitro benzene ring substituents is 1. The minimum atomic E-state index is -0.457. The van der Waals surface area contributed by atoms with Crippen LogP contribution in [0, 0.1) is 10.1 Å². The lowest BCUT2D eigenvalue weighted by Crippen LogP contribution is -1.98. The Balaban J connectivity index is 1.64. The Kier molecular flexibility index (Phi) is 4.37. The van der Waals surface area contributed by atoms with Crippen molar-refractivity contribution in [2.75, 3.05) is 7.11 Å². The largest absolute Gasteiger partial charge is 0.497 e. The van der Waals surface area contributed by atoms with Gasteiger partial charge in [-0.1, -0.05) is 0 Å². The van der Waals surface area contributed by atoms with Crippen molar-refractivity contribution in [3.05, 3.63) is 64.5 Å². The lowest BCUT2D eigenvalue weighted by atomic mass is 10.2. The number of hydrogen-bond acceptors (Lipinski definition) is 6. The van der Waals surface area contributed by atoms with Gasteiger partial charge in [0.1, 0.15) is 18.1 Å². The van der Waals surface area contributed by atoms with Gasteiger partial charge in [-0.05, 0) is 36.4 Å². The summed E-state index contributed by atoms with van der Waals surface area (Å²) in [4.78, 5) is 14.5. The predicted molar refractivity (Wildman–Crippen MR) is 85.8 cm³/mol. The topological polar surface area (TPSA) is 103 Å². The molecule has 0 saturated heterocycles. The van der Waals surface area contributed by atoms with Crippen LogP contribution in [-0.4, -0.2) is 27.2 Å². The summed E-state index contributed by atoms with van der Waals surface area (Å²) in [5.74, 6) is 2.39. The third kappa shape index (κ3) is 3.49. The quantitative estimate of drug-likeness (QED) is 0.552. The van der Waals surface area contributed by atoms with E-state index < -0.39 is 4.92 Å². The maximum Gasteiger partial charge on any atom is 0.269 e. The summed E-state index contributed by atoms with van der Waals surface area (Å²) in [7, 11) is 1.61. The molecule has 1 N–H and O–H groups in total. The van der Waals surface area contributed by atoms with Gasteiger partial charge >= 0.3 is 0 Å². The summed E-state index contributed by atoms with van der Waals surface area (Å²) >= 11 is 0. The molecule has 24 heavy (non-hydrogen) atoms. The van der Waals surface area contributed by atoms with Gasteiger partial charge in [-0.3, -0.25) is 15.2 Å². The molecule has 2 aromatic carbocycles. The molecular formula is C16H14N4O4. The molecule has 0 aliphatic carbocycles. The van der Waals surface area contributed by atoms with Crippen LogP contribution in [0.3, 0.4) is 0 Å². The molecule has 1 aromatic heterocycles. The first-order valence-electron chi connectivity index (χ1n) is 7.08. The zero-order chi connectivity index (χ0) is 16.9. The van der Waals surface area contributed by atoms with Crippen molar-refractivity contribution in [3.63, 3.8) is 0 Å². The van der Waals surface area contributed by atoms with E-state index in [0.717, 1.165) is 11.3 Å². The molecule has 122 valence electrons. The molecule has 0 atom stereocenters. The first-order chi connectivity index (χ1) is 11.7. The Hall–Kier alpha value is -3.42. The van der Waals surface area contributed by atoms with E-state index in [1.807, 2.05) is 24.3 Å². The van der Waals surface area contributed by atoms with Crippen LogP contribution in [-0.2, 0) is 6.61 Å². The van der Waals surface area contributed by atoms with Crippen LogP contribution in [0.5, 0.6) is 11.5 Å². The fourth-order valence-corrected chi connectivity index (χ4v) is 2.04. The Labute approximate surface area is 137 Å². The van der Waals surface area contributed by atoms with Crippen molar-refractivity contribution < 1.29 is 14.4 Å². The minimum absolute atomic E-state index is 0.0174. The number of aromatic nitrogens is 3. The summed E-state index contributed by atoms with van der Waals surface area (Å²) < 4.78 is 10.6. The van der Waals surface area contributed by atoms with Crippen LogP contribution in [0.1, 0.15) is 5.82 Å². The summed E-state index contributed by atoms with van der Waals surface area (Å²) in [5.41, 5.74) is 0.873. The van der Waals surface area contributed by atoms with Gasteiger partial charge in [0, 0.05) is 17.7 Å². The lowest BCUT2D eigenvalue weighted by Gasteiger charge is -2.03. The fraction of sp³-hybridized carbons (Fsp3) is 0.125. The first kappa shape index (κ1) is 15.5. The van der Waals surface area contributed by atoms with E-state index >= 15 is 0 Å². The highest BCUT2D eigenvalue weighted by molar-refractivity contribution is 5.55. The van der Waals surface area contributed by atoms with Crippen molar-refractivity contribution in [1.82, 2.24) is 15.2 Å². The molecular weight excluding hydrogens is 312 g/mol. The summed E-state index contributed by atoms with van der Waals surface area (Å²) in [6.07, 6.45) is 0. The molecule has 8 heteroatoms. The molecule has 3 aromatic rings. The van der Waals surface area contributed by atoms with Crippen molar-refractivity contribution in [2.24, 2.45) is 0 Å². The second-order valence-electron chi connectivity index (χ2n) is 4.87. The number of ether oxygens (including phenoxy) is 2. The molecule has 0 bridgehead atoms. The van der Waals surface area contributed by atoms with E-state index in [9.17, 15) is 10.1 Å². The number of nitro groups is 1. The van der Waals surface area contributed by atoms with Crippen LogP contribution in [0.25, 0.3) is 11.4 Å². The van der Waals surface area contributed by atoms with Gasteiger partial charge in [0.25, 0.3) is 5.69 Å². The number of methoxy groups -OCH3 is 1. The molecule has 0 saturated carbocycles. The maximum absolute atomic E-state index is 10.6. The number of H-pyrrole nitrogens is 1. The number of benzene rings is 2. The van der Waals surface area contributed by atoms with E-state index in [4.69, 9.17) is 9.47 Å². The first-order valence-corrected chi connectivity index (χ1v) is 7.08. The third-order valence-corrected chi connectivity index (χ3v) is 3.30. The van der Waals surface area contributed by atoms with Gasteiger partial charge < -0.3 is 9.47 Å². The molecule has 3 rings (SSSR count). The van der Waals surface area contributed by atoms with Crippen LogP contribution in [0.4, 0.5) is 5.69 Å². The minimum Gasteiger partial charge on any atom is -0.497 e. The number of rotatable bonds is 6. The Morgan fingerprint density at radius 3 is 2.38 bits per heavy atom. The molecule has 1 heterocycles. The number of hydrogen-bond donors (Lipinski definition) is 1. The van der Waals surface area contributed by atoms with Crippen molar-refractivity contribution in [3.8, 4) is 22.9 Å². The van der Waals surface area contributed by atoms with Gasteiger partial charge in [0.05, 0.1) is 12.0 Å². The molecule has 0 unspecified atom stereocenters. The van der Waals surface area contributed by atoms with E-state index in [1.54, 1.807) is 19.2 Å². The lowest BCUT2D eigenvalue weighted by molar-refractivity contribution is -0.384. The van der Waals surface area contributed by atoms with E-state index in [-0.39, 0.29) is 12.3 Å².